The number of hydrazine groups is 1. The van der Waals surface area contributed by atoms with Crippen LogP contribution in [-0.4, -0.2) is 41.0 Å². The Bertz CT molecular complexity index is 686. The molecule has 3 rings (SSSR count). The summed E-state index contributed by atoms with van der Waals surface area (Å²) in [4.78, 5) is 27.4. The van der Waals surface area contributed by atoms with Crippen LogP contribution in [0.1, 0.15) is 55.6 Å². The summed E-state index contributed by atoms with van der Waals surface area (Å²) in [5, 5.41) is 5.73. The third-order valence-electron chi connectivity index (χ3n) is 6.21. The fraction of sp³-hybridized carbons (Fsp3) is 0.650. The van der Waals surface area contributed by atoms with Crippen LogP contribution in [-0.2, 0) is 4.79 Å². The van der Waals surface area contributed by atoms with E-state index in [9.17, 15) is 9.59 Å². The van der Waals surface area contributed by atoms with Gasteiger partial charge < -0.3 is 10.2 Å². The molecule has 1 aromatic rings. The third kappa shape index (κ3) is 5.23. The zero-order valence-corrected chi connectivity index (χ0v) is 18.2. The molecule has 0 unspecified atom stereocenters. The van der Waals surface area contributed by atoms with E-state index in [-0.39, 0.29) is 17.7 Å². The van der Waals surface area contributed by atoms with Gasteiger partial charge in [0.15, 0.2) is 5.11 Å². The third-order valence-corrected chi connectivity index (χ3v) is 7.29. The van der Waals surface area contributed by atoms with Crippen LogP contribution in [0.25, 0.3) is 0 Å². The van der Waals surface area contributed by atoms with E-state index >= 15 is 0 Å². The Morgan fingerprint density at radius 1 is 1.14 bits per heavy atom. The van der Waals surface area contributed by atoms with Crippen LogP contribution >= 0.6 is 23.6 Å². The maximum Gasteiger partial charge on any atom is 0.263 e. The minimum absolute atomic E-state index is 0.0579. The number of carbonyl (C=O) groups excluding carboxylic acids is 2. The van der Waals surface area contributed by atoms with Crippen molar-refractivity contribution in [3.63, 3.8) is 0 Å². The molecule has 6 nitrogen and oxygen atoms in total. The fourth-order valence-electron chi connectivity index (χ4n) is 4.11. The Labute approximate surface area is 176 Å². The number of hydrogen-bond donors (Lipinski definition) is 3. The maximum atomic E-state index is 12.5. The van der Waals surface area contributed by atoms with Crippen LogP contribution in [0.4, 0.5) is 0 Å². The number of rotatable bonds is 3. The van der Waals surface area contributed by atoms with E-state index in [2.05, 4.69) is 30.0 Å². The molecule has 2 fully saturated rings. The summed E-state index contributed by atoms with van der Waals surface area (Å²) in [6.07, 6.45) is 4.92. The predicted molar refractivity (Wildman–Crippen MR) is 116 cm³/mol. The van der Waals surface area contributed by atoms with Gasteiger partial charge >= 0.3 is 0 Å². The van der Waals surface area contributed by atoms with Crippen LogP contribution in [0, 0.1) is 17.8 Å². The van der Waals surface area contributed by atoms with Crippen molar-refractivity contribution >= 4 is 40.5 Å². The monoisotopic (exact) mass is 422 g/mol. The number of hydrogen-bond acceptors (Lipinski definition) is 4. The van der Waals surface area contributed by atoms with Crippen LogP contribution in [0.15, 0.2) is 17.5 Å². The highest BCUT2D eigenvalue weighted by atomic mass is 32.1. The number of likely N-dealkylation sites (tertiary alicyclic amines) is 1. The standard InChI is InChI=1S/C20H30N4O2S2/c1-13-5-3-6-16(14(13)2)21-20(27)23-22-18(25)15-8-10-24(11-9-15)19(26)17-7-4-12-28-17/h4,7,12-16H,3,5-6,8-11H2,1-2H3,(H,22,25)(H2,21,23,27)/t13-,14+,16-/m0/s1. The minimum Gasteiger partial charge on any atom is -0.358 e. The van der Waals surface area contributed by atoms with Gasteiger partial charge in [-0.05, 0) is 54.8 Å². The normalized spacial score (nSPS) is 25.8. The van der Waals surface area contributed by atoms with Crippen molar-refractivity contribution in [1.29, 1.82) is 0 Å². The second-order valence-corrected chi connectivity index (χ2v) is 9.36. The summed E-state index contributed by atoms with van der Waals surface area (Å²) >= 11 is 6.81. The number of carbonyl (C=O) groups is 2. The van der Waals surface area contributed by atoms with Gasteiger partial charge in [-0.25, -0.2) is 0 Å². The first-order valence-corrected chi connectivity index (χ1v) is 11.4. The van der Waals surface area contributed by atoms with E-state index in [1.807, 2.05) is 22.4 Å². The van der Waals surface area contributed by atoms with Gasteiger partial charge in [0.25, 0.3) is 5.91 Å². The summed E-state index contributed by atoms with van der Waals surface area (Å²) < 4.78 is 0. The molecular formula is C20H30N4O2S2. The smallest absolute Gasteiger partial charge is 0.263 e. The number of piperidine rings is 1. The van der Waals surface area contributed by atoms with E-state index in [0.717, 1.165) is 11.3 Å². The predicted octanol–water partition coefficient (Wildman–Crippen LogP) is 2.92. The highest BCUT2D eigenvalue weighted by Crippen LogP contribution is 2.29. The van der Waals surface area contributed by atoms with Crippen molar-refractivity contribution in [2.75, 3.05) is 13.1 Å². The number of nitrogens with one attached hydrogen (secondary N) is 3. The summed E-state index contributed by atoms with van der Waals surface area (Å²) in [5.41, 5.74) is 5.61. The van der Waals surface area contributed by atoms with Crippen LogP contribution < -0.4 is 16.2 Å². The van der Waals surface area contributed by atoms with Crippen LogP contribution in [0.2, 0.25) is 0 Å². The molecule has 1 saturated carbocycles. The average molecular weight is 423 g/mol. The van der Waals surface area contributed by atoms with E-state index in [4.69, 9.17) is 12.2 Å². The average Bonchev–Trinajstić information content (AvgIpc) is 3.24. The molecule has 0 aromatic carbocycles. The number of thiophene rings is 1. The van der Waals surface area contributed by atoms with Gasteiger partial charge in [0, 0.05) is 25.0 Å². The van der Waals surface area contributed by atoms with Crippen molar-refractivity contribution in [3.05, 3.63) is 22.4 Å². The molecule has 0 spiro atoms. The van der Waals surface area contributed by atoms with Crippen molar-refractivity contribution in [1.82, 2.24) is 21.1 Å². The molecule has 1 aromatic heterocycles. The molecule has 2 aliphatic rings. The van der Waals surface area contributed by atoms with Gasteiger partial charge in [-0.1, -0.05) is 32.8 Å². The van der Waals surface area contributed by atoms with Gasteiger partial charge in [-0.15, -0.1) is 11.3 Å². The Morgan fingerprint density at radius 2 is 1.89 bits per heavy atom. The summed E-state index contributed by atoms with van der Waals surface area (Å²) in [6, 6.07) is 4.08. The van der Waals surface area contributed by atoms with E-state index < -0.39 is 0 Å². The van der Waals surface area contributed by atoms with Gasteiger partial charge in [0.2, 0.25) is 5.91 Å². The number of amides is 2. The van der Waals surface area contributed by atoms with Gasteiger partial charge in [0.1, 0.15) is 0 Å². The Balaban J connectivity index is 1.38. The van der Waals surface area contributed by atoms with Gasteiger partial charge in [0.05, 0.1) is 4.88 Å². The van der Waals surface area contributed by atoms with Gasteiger partial charge in [-0.3, -0.25) is 20.4 Å². The first kappa shape index (κ1) is 21.0. The second kappa shape index (κ2) is 9.69. The lowest BCUT2D eigenvalue weighted by atomic mass is 9.78. The number of nitrogens with zero attached hydrogens (tertiary/aromatic N) is 1. The van der Waals surface area contributed by atoms with Crippen molar-refractivity contribution in [2.45, 2.75) is 52.0 Å². The Hall–Kier alpha value is -1.67. The highest BCUT2D eigenvalue weighted by Gasteiger charge is 2.29. The van der Waals surface area contributed by atoms with E-state index in [0.29, 0.717) is 48.9 Å². The van der Waals surface area contributed by atoms with Crippen molar-refractivity contribution < 1.29 is 9.59 Å². The lowest BCUT2D eigenvalue weighted by Crippen LogP contribution is -2.54. The topological polar surface area (TPSA) is 73.5 Å². The summed E-state index contributed by atoms with van der Waals surface area (Å²) in [7, 11) is 0. The molecule has 2 amide bonds. The molecule has 1 aliphatic heterocycles. The summed E-state index contributed by atoms with van der Waals surface area (Å²) in [5.74, 6) is 1.15. The molecule has 3 atom stereocenters. The zero-order valence-electron chi connectivity index (χ0n) is 16.6. The largest absolute Gasteiger partial charge is 0.358 e. The lowest BCUT2D eigenvalue weighted by molar-refractivity contribution is -0.126. The van der Waals surface area contributed by atoms with Crippen LogP contribution in [0.3, 0.4) is 0 Å². The van der Waals surface area contributed by atoms with Crippen molar-refractivity contribution in [3.8, 4) is 0 Å². The SMILES string of the molecule is C[C@H]1[C@@H](NC(=S)NNC(=O)C2CCN(C(=O)c3cccs3)CC2)CCC[C@@H]1C. The van der Waals surface area contributed by atoms with Crippen LogP contribution in [0.5, 0.6) is 0 Å². The maximum absolute atomic E-state index is 12.5. The molecule has 8 heteroatoms. The molecule has 1 saturated heterocycles. The molecule has 154 valence electrons. The first-order valence-electron chi connectivity index (χ1n) is 10.1. The molecule has 28 heavy (non-hydrogen) atoms. The number of thiocarbonyl (C=S) groups is 1. The second-order valence-electron chi connectivity index (χ2n) is 8.01. The lowest BCUT2D eigenvalue weighted by Gasteiger charge is -2.35. The zero-order chi connectivity index (χ0) is 20.1. The van der Waals surface area contributed by atoms with E-state index in [1.54, 1.807) is 0 Å². The molecule has 3 N–H and O–H groups in total. The molecular weight excluding hydrogens is 392 g/mol. The highest BCUT2D eigenvalue weighted by molar-refractivity contribution is 7.80. The first-order chi connectivity index (χ1) is 13.5. The van der Waals surface area contributed by atoms with Gasteiger partial charge in [-0.2, -0.15) is 0 Å². The molecule has 2 heterocycles. The molecule has 0 radical (unpaired) electrons. The van der Waals surface area contributed by atoms with E-state index in [1.165, 1.54) is 24.2 Å². The molecule has 0 bridgehead atoms. The Kier molecular flexibility index (Phi) is 7.29. The fourth-order valence-corrected chi connectivity index (χ4v) is 5.00. The minimum atomic E-state index is -0.101. The molecule has 1 aliphatic carbocycles. The van der Waals surface area contributed by atoms with Crippen molar-refractivity contribution in [2.24, 2.45) is 17.8 Å². The Morgan fingerprint density at radius 3 is 2.57 bits per heavy atom. The quantitative estimate of drug-likeness (QED) is 0.516. The summed E-state index contributed by atoms with van der Waals surface area (Å²) in [6.45, 7) is 5.75.